The molecule has 6 nitrogen and oxygen atoms in total. The molecular formula is C17H20N2O4. The van der Waals surface area contributed by atoms with Crippen molar-refractivity contribution >= 4 is 11.7 Å². The zero-order valence-corrected chi connectivity index (χ0v) is 13.0. The molecule has 0 aliphatic carbocycles. The van der Waals surface area contributed by atoms with E-state index < -0.39 is 0 Å². The van der Waals surface area contributed by atoms with Gasteiger partial charge in [-0.25, -0.2) is 4.79 Å². The number of aryl methyl sites for hydroxylation is 1. The SMILES string of the molecule is COCC(NC(=O)Nc1ccc2c(c1)CCCO2)c1ccco1. The third-order valence-corrected chi connectivity index (χ3v) is 3.69. The maximum Gasteiger partial charge on any atom is 0.319 e. The second-order valence-electron chi connectivity index (χ2n) is 5.40. The van der Waals surface area contributed by atoms with E-state index in [1.165, 1.54) is 0 Å². The molecule has 0 saturated carbocycles. The summed E-state index contributed by atoms with van der Waals surface area (Å²) in [4.78, 5) is 12.2. The number of fused-ring (bicyclic) bond motifs is 1. The van der Waals surface area contributed by atoms with Gasteiger partial charge in [0.2, 0.25) is 0 Å². The highest BCUT2D eigenvalue weighted by molar-refractivity contribution is 5.89. The van der Waals surface area contributed by atoms with Crippen molar-refractivity contribution in [3.8, 4) is 5.75 Å². The fourth-order valence-electron chi connectivity index (χ4n) is 2.61. The van der Waals surface area contributed by atoms with E-state index in [-0.39, 0.29) is 12.1 Å². The number of hydrogen-bond donors (Lipinski definition) is 2. The zero-order valence-electron chi connectivity index (χ0n) is 13.0. The molecule has 1 aliphatic heterocycles. The molecule has 2 N–H and O–H groups in total. The minimum atomic E-state index is -0.337. The number of hydrogen-bond acceptors (Lipinski definition) is 4. The largest absolute Gasteiger partial charge is 0.493 e. The number of ether oxygens (including phenoxy) is 2. The molecule has 0 bridgehead atoms. The molecule has 1 atom stereocenters. The van der Waals surface area contributed by atoms with Crippen LogP contribution in [0.15, 0.2) is 41.0 Å². The van der Waals surface area contributed by atoms with Crippen molar-refractivity contribution in [1.82, 2.24) is 5.32 Å². The minimum Gasteiger partial charge on any atom is -0.493 e. The number of furan rings is 1. The highest BCUT2D eigenvalue weighted by Gasteiger charge is 2.18. The molecule has 1 aromatic heterocycles. The number of methoxy groups -OCH3 is 1. The van der Waals surface area contributed by atoms with Crippen LogP contribution in [0.1, 0.15) is 23.8 Å². The number of carbonyl (C=O) groups is 1. The van der Waals surface area contributed by atoms with Gasteiger partial charge in [-0.15, -0.1) is 0 Å². The first-order valence-electron chi connectivity index (χ1n) is 7.62. The molecule has 122 valence electrons. The van der Waals surface area contributed by atoms with E-state index in [1.54, 1.807) is 25.5 Å². The third kappa shape index (κ3) is 3.84. The number of nitrogens with one attached hydrogen (secondary N) is 2. The Labute approximate surface area is 134 Å². The predicted octanol–water partition coefficient (Wildman–Crippen LogP) is 3.11. The Kier molecular flexibility index (Phi) is 4.83. The molecular weight excluding hydrogens is 296 g/mol. The van der Waals surface area contributed by atoms with Crippen LogP contribution in [0, 0.1) is 0 Å². The first kappa shape index (κ1) is 15.4. The summed E-state index contributed by atoms with van der Waals surface area (Å²) in [7, 11) is 1.58. The Balaban J connectivity index is 1.64. The third-order valence-electron chi connectivity index (χ3n) is 3.69. The molecule has 0 radical (unpaired) electrons. The van der Waals surface area contributed by atoms with Crippen LogP contribution in [0.4, 0.5) is 10.5 Å². The highest BCUT2D eigenvalue weighted by atomic mass is 16.5. The van der Waals surface area contributed by atoms with Gasteiger partial charge < -0.3 is 24.5 Å². The Morgan fingerprint density at radius 1 is 1.39 bits per heavy atom. The van der Waals surface area contributed by atoms with Gasteiger partial charge in [-0.1, -0.05) is 0 Å². The average molecular weight is 316 g/mol. The monoisotopic (exact) mass is 316 g/mol. The van der Waals surface area contributed by atoms with E-state index in [0.29, 0.717) is 12.4 Å². The van der Waals surface area contributed by atoms with E-state index in [0.717, 1.165) is 36.4 Å². The molecule has 2 heterocycles. The van der Waals surface area contributed by atoms with Crippen LogP contribution in [0.2, 0.25) is 0 Å². The lowest BCUT2D eigenvalue weighted by molar-refractivity contribution is 0.159. The van der Waals surface area contributed by atoms with Gasteiger partial charge in [-0.05, 0) is 48.7 Å². The lowest BCUT2D eigenvalue weighted by atomic mass is 10.1. The zero-order chi connectivity index (χ0) is 16.1. The van der Waals surface area contributed by atoms with Crippen LogP contribution in [0.25, 0.3) is 0 Å². The molecule has 0 fully saturated rings. The summed E-state index contributed by atoms with van der Waals surface area (Å²) in [5.41, 5.74) is 1.86. The minimum absolute atomic E-state index is 0.305. The van der Waals surface area contributed by atoms with E-state index in [4.69, 9.17) is 13.9 Å². The number of urea groups is 1. The summed E-state index contributed by atoms with van der Waals surface area (Å²) in [6.45, 7) is 1.08. The Hall–Kier alpha value is -2.47. The summed E-state index contributed by atoms with van der Waals surface area (Å²) in [5.74, 6) is 1.55. The topological polar surface area (TPSA) is 72.7 Å². The van der Waals surface area contributed by atoms with Crippen molar-refractivity contribution in [2.75, 3.05) is 25.6 Å². The van der Waals surface area contributed by atoms with Gasteiger partial charge in [0.25, 0.3) is 0 Å². The maximum atomic E-state index is 12.2. The van der Waals surface area contributed by atoms with Gasteiger partial charge in [0, 0.05) is 12.8 Å². The molecule has 0 saturated heterocycles. The quantitative estimate of drug-likeness (QED) is 0.889. The summed E-state index contributed by atoms with van der Waals surface area (Å²) in [6, 6.07) is 8.62. The van der Waals surface area contributed by atoms with Gasteiger partial charge in [-0.3, -0.25) is 0 Å². The first-order chi connectivity index (χ1) is 11.3. The summed E-state index contributed by atoms with van der Waals surface area (Å²) in [5, 5.41) is 5.69. The fraction of sp³-hybridized carbons (Fsp3) is 0.353. The Bertz CT molecular complexity index is 655. The van der Waals surface area contributed by atoms with Crippen molar-refractivity contribution in [2.24, 2.45) is 0 Å². The lowest BCUT2D eigenvalue weighted by Gasteiger charge is -2.19. The Morgan fingerprint density at radius 3 is 3.09 bits per heavy atom. The molecule has 0 spiro atoms. The average Bonchev–Trinajstić information content (AvgIpc) is 3.09. The highest BCUT2D eigenvalue weighted by Crippen LogP contribution is 2.27. The molecule has 1 unspecified atom stereocenters. The molecule has 6 heteroatoms. The number of anilines is 1. The van der Waals surface area contributed by atoms with Crippen molar-refractivity contribution in [2.45, 2.75) is 18.9 Å². The molecule has 2 aromatic rings. The normalized spacial score (nSPS) is 14.5. The number of amides is 2. The molecule has 23 heavy (non-hydrogen) atoms. The number of rotatable bonds is 5. The van der Waals surface area contributed by atoms with E-state index in [2.05, 4.69) is 10.6 Å². The van der Waals surface area contributed by atoms with Gasteiger partial charge in [0.1, 0.15) is 17.6 Å². The van der Waals surface area contributed by atoms with Crippen LogP contribution in [-0.2, 0) is 11.2 Å². The van der Waals surface area contributed by atoms with Crippen LogP contribution < -0.4 is 15.4 Å². The summed E-state index contributed by atoms with van der Waals surface area (Å²) in [6.07, 6.45) is 3.53. The predicted molar refractivity (Wildman–Crippen MR) is 85.7 cm³/mol. The maximum absolute atomic E-state index is 12.2. The van der Waals surface area contributed by atoms with Crippen LogP contribution >= 0.6 is 0 Å². The summed E-state index contributed by atoms with van der Waals surface area (Å²) >= 11 is 0. The second kappa shape index (κ2) is 7.19. The van der Waals surface area contributed by atoms with Crippen molar-refractivity contribution in [1.29, 1.82) is 0 Å². The smallest absolute Gasteiger partial charge is 0.319 e. The van der Waals surface area contributed by atoms with Crippen LogP contribution in [0.3, 0.4) is 0 Å². The van der Waals surface area contributed by atoms with E-state index >= 15 is 0 Å². The van der Waals surface area contributed by atoms with Crippen molar-refractivity contribution < 1.29 is 18.7 Å². The van der Waals surface area contributed by atoms with Gasteiger partial charge >= 0.3 is 6.03 Å². The molecule has 1 aliphatic rings. The number of benzene rings is 1. The van der Waals surface area contributed by atoms with E-state index in [1.807, 2.05) is 18.2 Å². The number of carbonyl (C=O) groups excluding carboxylic acids is 1. The van der Waals surface area contributed by atoms with Crippen molar-refractivity contribution in [3.63, 3.8) is 0 Å². The molecule has 2 amide bonds. The van der Waals surface area contributed by atoms with Crippen LogP contribution in [0.5, 0.6) is 5.75 Å². The van der Waals surface area contributed by atoms with Crippen molar-refractivity contribution in [3.05, 3.63) is 47.9 Å². The van der Waals surface area contributed by atoms with E-state index in [9.17, 15) is 4.79 Å². The first-order valence-corrected chi connectivity index (χ1v) is 7.62. The molecule has 1 aromatic carbocycles. The second-order valence-corrected chi connectivity index (χ2v) is 5.40. The van der Waals surface area contributed by atoms with Crippen LogP contribution in [-0.4, -0.2) is 26.4 Å². The van der Waals surface area contributed by atoms with Gasteiger partial charge in [0.05, 0.1) is 19.5 Å². The lowest BCUT2D eigenvalue weighted by Crippen LogP contribution is -2.34. The van der Waals surface area contributed by atoms with Gasteiger partial charge in [-0.2, -0.15) is 0 Å². The Morgan fingerprint density at radius 2 is 2.30 bits per heavy atom. The molecule has 3 rings (SSSR count). The summed E-state index contributed by atoms with van der Waals surface area (Å²) < 4.78 is 16.0. The fourth-order valence-corrected chi connectivity index (χ4v) is 2.61. The van der Waals surface area contributed by atoms with Gasteiger partial charge in [0.15, 0.2) is 0 Å². The standard InChI is InChI=1S/C17H20N2O4/c1-21-11-14(16-5-3-9-23-16)19-17(20)18-13-6-7-15-12(10-13)4-2-8-22-15/h3,5-7,9-10,14H,2,4,8,11H2,1H3,(H2,18,19,20).